The summed E-state index contributed by atoms with van der Waals surface area (Å²) in [5, 5.41) is 8.63. The molecule has 1 N–H and O–H groups in total. The second-order valence-corrected chi connectivity index (χ2v) is 2.74. The number of allylic oxidation sites excluding steroid dienone is 3. The smallest absolute Gasteiger partial charge is 0.310 e. The van der Waals surface area contributed by atoms with Crippen LogP contribution < -0.4 is 0 Å². The van der Waals surface area contributed by atoms with Crippen LogP contribution in [0.25, 0.3) is 0 Å². The van der Waals surface area contributed by atoms with Crippen molar-refractivity contribution < 1.29 is 9.90 Å². The van der Waals surface area contributed by atoms with E-state index in [0.29, 0.717) is 11.9 Å². The Bertz CT molecular complexity index is 240. The van der Waals surface area contributed by atoms with Crippen molar-refractivity contribution in [3.05, 3.63) is 23.2 Å². The first-order chi connectivity index (χ1) is 5.11. The quantitative estimate of drug-likeness (QED) is 0.565. The summed E-state index contributed by atoms with van der Waals surface area (Å²) in [5.41, 5.74) is 1.66. The molecular formula is C8H9BO2. The van der Waals surface area contributed by atoms with Gasteiger partial charge >= 0.3 is 5.97 Å². The zero-order valence-electron chi connectivity index (χ0n) is 6.37. The maximum atomic E-state index is 10.5. The molecule has 1 aliphatic carbocycles. The Morgan fingerprint density at radius 2 is 2.45 bits per heavy atom. The van der Waals surface area contributed by atoms with Gasteiger partial charge in [-0.2, -0.15) is 0 Å². The minimum atomic E-state index is -0.784. The largest absolute Gasteiger partial charge is 0.481 e. The Labute approximate surface area is 67.0 Å². The van der Waals surface area contributed by atoms with Crippen molar-refractivity contribution in [3.63, 3.8) is 0 Å². The van der Waals surface area contributed by atoms with E-state index < -0.39 is 5.97 Å². The van der Waals surface area contributed by atoms with Gasteiger partial charge in [0.15, 0.2) is 0 Å². The summed E-state index contributed by atoms with van der Waals surface area (Å²) in [4.78, 5) is 10.5. The Hall–Kier alpha value is -0.985. The van der Waals surface area contributed by atoms with Gasteiger partial charge in [-0.1, -0.05) is 23.2 Å². The lowest BCUT2D eigenvalue weighted by atomic mass is 9.81. The number of aliphatic carboxylic acids is 1. The molecule has 0 aromatic heterocycles. The third kappa shape index (κ3) is 1.73. The van der Waals surface area contributed by atoms with Crippen LogP contribution in [-0.2, 0) is 4.79 Å². The lowest BCUT2D eigenvalue weighted by Crippen LogP contribution is -2.14. The van der Waals surface area contributed by atoms with Crippen LogP contribution in [0.2, 0.25) is 0 Å². The molecule has 3 heteroatoms. The number of hydrogen-bond donors (Lipinski definition) is 1. The van der Waals surface area contributed by atoms with E-state index in [1.807, 2.05) is 6.92 Å². The normalized spacial score (nSPS) is 23.9. The SMILES string of the molecule is [B]C1=C(C)CC(C(=O)O)C=C1. The molecule has 1 unspecified atom stereocenters. The first kappa shape index (κ1) is 8.11. The van der Waals surface area contributed by atoms with Gasteiger partial charge in [-0.05, 0) is 13.3 Å². The van der Waals surface area contributed by atoms with Gasteiger partial charge < -0.3 is 5.11 Å². The van der Waals surface area contributed by atoms with Crippen LogP contribution in [0.15, 0.2) is 23.2 Å². The molecule has 11 heavy (non-hydrogen) atoms. The highest BCUT2D eigenvalue weighted by Crippen LogP contribution is 2.21. The van der Waals surface area contributed by atoms with Crippen molar-refractivity contribution in [2.24, 2.45) is 5.92 Å². The van der Waals surface area contributed by atoms with Crippen LogP contribution in [0.4, 0.5) is 0 Å². The Morgan fingerprint density at radius 1 is 1.82 bits per heavy atom. The molecule has 0 spiro atoms. The molecule has 0 bridgehead atoms. The molecule has 0 fully saturated rings. The fourth-order valence-corrected chi connectivity index (χ4v) is 1.05. The molecule has 0 aromatic rings. The van der Waals surface area contributed by atoms with E-state index in [0.717, 1.165) is 5.57 Å². The molecule has 0 heterocycles. The maximum Gasteiger partial charge on any atom is 0.310 e. The van der Waals surface area contributed by atoms with Gasteiger partial charge in [0.25, 0.3) is 0 Å². The predicted molar refractivity (Wildman–Crippen MR) is 43.3 cm³/mol. The minimum Gasteiger partial charge on any atom is -0.481 e. The van der Waals surface area contributed by atoms with Crippen molar-refractivity contribution in [3.8, 4) is 0 Å². The van der Waals surface area contributed by atoms with E-state index in [1.165, 1.54) is 0 Å². The first-order valence-electron chi connectivity index (χ1n) is 3.47. The van der Waals surface area contributed by atoms with Crippen molar-refractivity contribution in [2.45, 2.75) is 13.3 Å². The van der Waals surface area contributed by atoms with E-state index in [9.17, 15) is 4.79 Å². The molecule has 1 atom stereocenters. The zero-order valence-corrected chi connectivity index (χ0v) is 6.37. The van der Waals surface area contributed by atoms with Crippen molar-refractivity contribution in [1.82, 2.24) is 0 Å². The summed E-state index contributed by atoms with van der Waals surface area (Å²) >= 11 is 0. The molecule has 1 rings (SSSR count). The molecule has 0 amide bonds. The molecule has 2 radical (unpaired) electrons. The molecule has 0 aliphatic heterocycles. The average Bonchev–Trinajstić information content (AvgIpc) is 1.94. The van der Waals surface area contributed by atoms with Gasteiger partial charge in [0, 0.05) is 0 Å². The lowest BCUT2D eigenvalue weighted by Gasteiger charge is -2.14. The standard InChI is InChI=1S/C8H9BO2/c1-5-4-6(8(10)11)2-3-7(5)9/h2-3,6H,4H2,1H3,(H,10,11). The summed E-state index contributed by atoms with van der Waals surface area (Å²) in [6.07, 6.45) is 3.83. The molecule has 1 aliphatic rings. The second-order valence-electron chi connectivity index (χ2n) is 2.74. The zero-order chi connectivity index (χ0) is 8.43. The number of carboxylic acids is 1. The van der Waals surface area contributed by atoms with Crippen LogP contribution >= 0.6 is 0 Å². The second kappa shape index (κ2) is 2.95. The summed E-state index contributed by atoms with van der Waals surface area (Å²) < 4.78 is 0. The van der Waals surface area contributed by atoms with E-state index in [4.69, 9.17) is 13.0 Å². The topological polar surface area (TPSA) is 37.3 Å². The minimum absolute atomic E-state index is 0.387. The Balaban J connectivity index is 2.74. The number of rotatable bonds is 1. The van der Waals surface area contributed by atoms with Gasteiger partial charge in [0.05, 0.1) is 5.92 Å². The number of hydrogen-bond acceptors (Lipinski definition) is 1. The van der Waals surface area contributed by atoms with E-state index in [2.05, 4.69) is 0 Å². The summed E-state index contributed by atoms with van der Waals surface area (Å²) in [5.74, 6) is -1.17. The Morgan fingerprint density at radius 3 is 2.91 bits per heavy atom. The van der Waals surface area contributed by atoms with E-state index in [1.54, 1.807) is 12.2 Å². The molecule has 0 saturated carbocycles. The van der Waals surface area contributed by atoms with Gasteiger partial charge in [0.2, 0.25) is 0 Å². The Kier molecular flexibility index (Phi) is 2.18. The third-order valence-electron chi connectivity index (χ3n) is 1.84. The van der Waals surface area contributed by atoms with E-state index in [-0.39, 0.29) is 5.92 Å². The maximum absolute atomic E-state index is 10.5. The van der Waals surface area contributed by atoms with Crippen molar-refractivity contribution in [1.29, 1.82) is 0 Å². The highest BCUT2D eigenvalue weighted by atomic mass is 16.4. The fraction of sp³-hybridized carbons (Fsp3) is 0.375. The molecular weight excluding hydrogens is 139 g/mol. The molecule has 2 nitrogen and oxygen atoms in total. The highest BCUT2D eigenvalue weighted by molar-refractivity contribution is 6.24. The average molecular weight is 148 g/mol. The first-order valence-corrected chi connectivity index (χ1v) is 3.47. The van der Waals surface area contributed by atoms with E-state index >= 15 is 0 Å². The summed E-state index contributed by atoms with van der Waals surface area (Å²) in [7, 11) is 5.54. The van der Waals surface area contributed by atoms with Crippen LogP contribution in [0, 0.1) is 5.92 Å². The number of carbonyl (C=O) groups is 1. The lowest BCUT2D eigenvalue weighted by molar-refractivity contribution is -0.140. The fourth-order valence-electron chi connectivity index (χ4n) is 1.05. The van der Waals surface area contributed by atoms with Gasteiger partial charge in [-0.15, -0.1) is 0 Å². The van der Waals surface area contributed by atoms with Crippen LogP contribution in [0.1, 0.15) is 13.3 Å². The van der Waals surface area contributed by atoms with Crippen LogP contribution in [-0.4, -0.2) is 18.9 Å². The molecule has 0 aromatic carbocycles. The van der Waals surface area contributed by atoms with Crippen LogP contribution in [0.3, 0.4) is 0 Å². The van der Waals surface area contributed by atoms with Gasteiger partial charge in [-0.3, -0.25) is 4.79 Å². The van der Waals surface area contributed by atoms with Crippen molar-refractivity contribution in [2.75, 3.05) is 0 Å². The van der Waals surface area contributed by atoms with Crippen molar-refractivity contribution >= 4 is 13.8 Å². The monoisotopic (exact) mass is 148 g/mol. The predicted octanol–water partition coefficient (Wildman–Crippen LogP) is 1.09. The third-order valence-corrected chi connectivity index (χ3v) is 1.84. The van der Waals surface area contributed by atoms with Gasteiger partial charge in [-0.25, -0.2) is 0 Å². The van der Waals surface area contributed by atoms with Gasteiger partial charge in [0.1, 0.15) is 7.85 Å². The molecule has 0 saturated heterocycles. The number of carboxylic acid groups (broad SMARTS) is 1. The van der Waals surface area contributed by atoms with Crippen LogP contribution in [0.5, 0.6) is 0 Å². The molecule has 56 valence electrons. The summed E-state index contributed by atoms with van der Waals surface area (Å²) in [6, 6.07) is 0. The summed E-state index contributed by atoms with van der Waals surface area (Å²) in [6.45, 7) is 1.86. The highest BCUT2D eigenvalue weighted by Gasteiger charge is 2.17.